The van der Waals surface area contributed by atoms with E-state index in [-0.39, 0.29) is 0 Å². The maximum absolute atomic E-state index is 14.2. The van der Waals surface area contributed by atoms with E-state index in [1.807, 2.05) is 30.3 Å². The molecule has 0 N–H and O–H groups in total. The quantitative estimate of drug-likeness (QED) is 0.184. The molecular weight excluding hydrogens is 571 g/mol. The van der Waals surface area contributed by atoms with E-state index in [1.54, 1.807) is 0 Å². The lowest BCUT2D eigenvalue weighted by molar-refractivity contribution is 0.413. The minimum absolute atomic E-state index is 0.485. The van der Waals surface area contributed by atoms with Gasteiger partial charge in [0.05, 0.1) is 0 Å². The molecular formula is C38H32ClO3P. The molecule has 214 valence electrons. The van der Waals surface area contributed by atoms with E-state index in [2.05, 4.69) is 93.6 Å². The van der Waals surface area contributed by atoms with Gasteiger partial charge in [-0.2, -0.15) is 0 Å². The first-order valence-corrected chi connectivity index (χ1v) is 17.4. The molecule has 0 aromatic heterocycles. The van der Waals surface area contributed by atoms with Crippen molar-refractivity contribution in [1.82, 2.24) is 0 Å². The monoisotopic (exact) mass is 602 g/mol. The Kier molecular flexibility index (Phi) is 7.04. The summed E-state index contributed by atoms with van der Waals surface area (Å²) in [6.45, 7) is 2.32. The summed E-state index contributed by atoms with van der Waals surface area (Å²) in [5, 5.41) is 4.09. The standard InChI is InChI=1S/C38H32ClO3P/c1-4-24-14-7-10-19-29(24)32-22-27-15-8-11-20-30(27)35-36-31-21-12-9-16-28(31)23-33(38(36)42-43(39,40)41-37(32)35)34-25(5-2)17-13-18-26(34)6-3/h7-23H,4-6H2,1-3H3. The van der Waals surface area contributed by atoms with Gasteiger partial charge in [-0.25, -0.2) is 4.57 Å². The lowest BCUT2D eigenvalue weighted by atomic mass is 9.84. The fourth-order valence-electron chi connectivity index (χ4n) is 6.65. The molecule has 0 bridgehead atoms. The lowest BCUT2D eigenvalue weighted by Crippen LogP contribution is -1.99. The van der Waals surface area contributed by atoms with Crippen molar-refractivity contribution < 1.29 is 13.6 Å². The van der Waals surface area contributed by atoms with Crippen LogP contribution in [0.15, 0.2) is 103 Å². The molecule has 0 saturated carbocycles. The lowest BCUT2D eigenvalue weighted by Gasteiger charge is -2.21. The average molecular weight is 603 g/mol. The Bertz CT molecular complexity index is 2080. The second-order valence-corrected chi connectivity index (χ2v) is 13.4. The third kappa shape index (κ3) is 4.63. The zero-order valence-electron chi connectivity index (χ0n) is 24.5. The molecule has 1 atom stereocenters. The van der Waals surface area contributed by atoms with E-state index >= 15 is 0 Å². The second kappa shape index (κ2) is 10.9. The molecule has 0 saturated heterocycles. The largest absolute Gasteiger partial charge is 0.530 e. The summed E-state index contributed by atoms with van der Waals surface area (Å²) < 4.78 is 27.0. The summed E-state index contributed by atoms with van der Waals surface area (Å²) in [6.07, 6.45) is 2.53. The summed E-state index contributed by atoms with van der Waals surface area (Å²) >= 11 is 6.79. The van der Waals surface area contributed by atoms with Crippen molar-refractivity contribution in [2.24, 2.45) is 0 Å². The van der Waals surface area contributed by atoms with Crippen LogP contribution in [0.2, 0.25) is 0 Å². The van der Waals surface area contributed by atoms with Crippen LogP contribution in [0.25, 0.3) is 54.9 Å². The fraction of sp³-hybridized carbons (Fsp3) is 0.158. The van der Waals surface area contributed by atoms with Gasteiger partial charge in [0.15, 0.2) is 0 Å². The van der Waals surface area contributed by atoms with Gasteiger partial charge < -0.3 is 9.05 Å². The predicted molar refractivity (Wildman–Crippen MR) is 181 cm³/mol. The number of hydrogen-bond donors (Lipinski definition) is 0. The van der Waals surface area contributed by atoms with Crippen LogP contribution in [0.1, 0.15) is 37.5 Å². The number of aryl methyl sites for hydroxylation is 3. The third-order valence-electron chi connectivity index (χ3n) is 8.61. The minimum atomic E-state index is -4.14. The predicted octanol–water partition coefficient (Wildman–Crippen LogP) is 11.8. The highest BCUT2D eigenvalue weighted by Crippen LogP contribution is 2.65. The number of fused-ring (bicyclic) bond motifs is 7. The maximum Gasteiger partial charge on any atom is 0.530 e. The van der Waals surface area contributed by atoms with Gasteiger partial charge in [-0.05, 0) is 80.8 Å². The SMILES string of the molecule is CCc1ccccc1-c1cc2ccccc2c2c1OP(=O)(Cl)Oc1c(-c3c(CC)cccc3CC)cc3ccccc3c1-2. The highest BCUT2D eigenvalue weighted by molar-refractivity contribution is 7.82. The van der Waals surface area contributed by atoms with Crippen molar-refractivity contribution in [3.8, 4) is 44.9 Å². The van der Waals surface area contributed by atoms with E-state index in [9.17, 15) is 4.57 Å². The Hall–Kier alpha value is -4.04. The van der Waals surface area contributed by atoms with Crippen LogP contribution in [0, 0.1) is 0 Å². The van der Waals surface area contributed by atoms with Gasteiger partial charge in [0.1, 0.15) is 11.5 Å². The van der Waals surface area contributed by atoms with Gasteiger partial charge in [-0.3, -0.25) is 0 Å². The van der Waals surface area contributed by atoms with Crippen LogP contribution in [0.3, 0.4) is 0 Å². The van der Waals surface area contributed by atoms with Crippen molar-refractivity contribution in [2.75, 3.05) is 0 Å². The van der Waals surface area contributed by atoms with E-state index < -0.39 is 6.95 Å². The molecule has 0 spiro atoms. The van der Waals surface area contributed by atoms with Crippen LogP contribution >= 0.6 is 18.2 Å². The van der Waals surface area contributed by atoms with E-state index in [1.165, 1.54) is 16.7 Å². The van der Waals surface area contributed by atoms with Gasteiger partial charge in [0, 0.05) is 33.5 Å². The molecule has 5 heteroatoms. The molecule has 43 heavy (non-hydrogen) atoms. The molecule has 6 aromatic rings. The zero-order valence-corrected chi connectivity index (χ0v) is 26.1. The second-order valence-electron chi connectivity index (χ2n) is 11.0. The van der Waals surface area contributed by atoms with Gasteiger partial charge in [0.25, 0.3) is 0 Å². The van der Waals surface area contributed by atoms with Crippen molar-refractivity contribution in [3.05, 3.63) is 120 Å². The van der Waals surface area contributed by atoms with E-state index in [0.29, 0.717) is 11.5 Å². The topological polar surface area (TPSA) is 35.5 Å². The molecule has 3 nitrogen and oxygen atoms in total. The first kappa shape index (κ1) is 27.8. The number of hydrogen-bond acceptors (Lipinski definition) is 3. The van der Waals surface area contributed by atoms with Crippen molar-refractivity contribution >= 4 is 39.7 Å². The molecule has 0 aliphatic carbocycles. The summed E-state index contributed by atoms with van der Waals surface area (Å²) in [6, 6.07) is 35.6. The first-order chi connectivity index (χ1) is 20.9. The third-order valence-corrected chi connectivity index (χ3v) is 9.83. The maximum atomic E-state index is 14.2. The Morgan fingerprint density at radius 2 is 1.00 bits per heavy atom. The Labute approximate surface area is 257 Å². The highest BCUT2D eigenvalue weighted by Gasteiger charge is 2.38. The number of rotatable bonds is 5. The van der Waals surface area contributed by atoms with Crippen molar-refractivity contribution in [1.29, 1.82) is 0 Å². The molecule has 1 unspecified atom stereocenters. The molecule has 1 aliphatic heterocycles. The smallest absolute Gasteiger partial charge is 0.403 e. The van der Waals surface area contributed by atoms with Gasteiger partial charge >= 0.3 is 6.95 Å². The molecule has 6 aromatic carbocycles. The summed E-state index contributed by atoms with van der Waals surface area (Å²) in [4.78, 5) is 0. The normalized spacial score (nSPS) is 15.8. The molecule has 0 radical (unpaired) electrons. The van der Waals surface area contributed by atoms with Gasteiger partial charge in [0.2, 0.25) is 0 Å². The van der Waals surface area contributed by atoms with E-state index in [4.69, 9.17) is 20.3 Å². The Balaban J connectivity index is 1.72. The number of benzene rings is 6. The van der Waals surface area contributed by atoms with Crippen molar-refractivity contribution in [3.63, 3.8) is 0 Å². The Morgan fingerprint density at radius 3 is 1.58 bits per heavy atom. The van der Waals surface area contributed by atoms with Gasteiger partial charge in [-0.1, -0.05) is 112 Å². The highest BCUT2D eigenvalue weighted by atomic mass is 35.7. The molecule has 1 heterocycles. The molecule has 1 aliphatic rings. The van der Waals surface area contributed by atoms with Gasteiger partial charge in [-0.15, -0.1) is 0 Å². The zero-order chi connectivity index (χ0) is 29.7. The van der Waals surface area contributed by atoms with E-state index in [0.717, 1.165) is 74.2 Å². The minimum Gasteiger partial charge on any atom is -0.403 e. The van der Waals surface area contributed by atoms with Crippen molar-refractivity contribution in [2.45, 2.75) is 40.0 Å². The van der Waals surface area contributed by atoms with Crippen LogP contribution in [-0.2, 0) is 23.8 Å². The summed E-state index contributed by atoms with van der Waals surface area (Å²) in [5.74, 6) is 0.982. The molecule has 0 fully saturated rings. The number of halogens is 1. The van der Waals surface area contributed by atoms with Crippen LogP contribution < -0.4 is 9.05 Å². The summed E-state index contributed by atoms with van der Waals surface area (Å²) in [7, 11) is 0. The van der Waals surface area contributed by atoms with Crippen LogP contribution in [0.4, 0.5) is 0 Å². The fourth-order valence-corrected chi connectivity index (χ4v) is 7.91. The van der Waals surface area contributed by atoms with Crippen LogP contribution in [-0.4, -0.2) is 0 Å². The first-order valence-electron chi connectivity index (χ1n) is 14.9. The van der Waals surface area contributed by atoms with Crippen LogP contribution in [0.5, 0.6) is 11.5 Å². The molecule has 7 rings (SSSR count). The average Bonchev–Trinajstić information content (AvgIpc) is 3.16. The summed E-state index contributed by atoms with van der Waals surface area (Å²) in [5.41, 5.74) is 9.12. The Morgan fingerprint density at radius 1 is 0.535 bits per heavy atom. The molecule has 0 amide bonds.